The van der Waals surface area contributed by atoms with Gasteiger partial charge in [0.15, 0.2) is 11.5 Å². The molecule has 3 heteroatoms. The van der Waals surface area contributed by atoms with Crippen LogP contribution in [-0.2, 0) is 0 Å². The predicted molar refractivity (Wildman–Crippen MR) is 28.6 cm³/mol. The largest absolute Gasteiger partial charge is 0.505 e. The zero-order valence-electron chi connectivity index (χ0n) is 4.43. The van der Waals surface area contributed by atoms with Gasteiger partial charge in [0.05, 0.1) is 0 Å². The lowest BCUT2D eigenvalue weighted by molar-refractivity contribution is 0.388. The van der Waals surface area contributed by atoms with Crippen LogP contribution in [0.2, 0.25) is 0 Å². The summed E-state index contributed by atoms with van der Waals surface area (Å²) in [7, 11) is 0. The maximum atomic E-state index is 12.2. The van der Waals surface area contributed by atoms with Crippen LogP contribution in [0.25, 0.3) is 0 Å². The van der Waals surface area contributed by atoms with Gasteiger partial charge in [0.2, 0.25) is 5.82 Å². The van der Waals surface area contributed by atoms with Crippen molar-refractivity contribution in [2.75, 3.05) is 0 Å². The van der Waals surface area contributed by atoms with E-state index in [0.717, 1.165) is 6.07 Å². The molecule has 1 radical (unpaired) electrons. The van der Waals surface area contributed by atoms with Gasteiger partial charge < -0.3 is 10.2 Å². The number of phenolic OH excluding ortho intramolecular Hbond substituents is 2. The lowest BCUT2D eigenvalue weighted by Gasteiger charge is -1.93. The van der Waals surface area contributed by atoms with Crippen molar-refractivity contribution in [2.45, 2.75) is 0 Å². The quantitative estimate of drug-likeness (QED) is 0.546. The van der Waals surface area contributed by atoms with Crippen LogP contribution in [-0.4, -0.2) is 10.2 Å². The van der Waals surface area contributed by atoms with Crippen molar-refractivity contribution in [1.82, 2.24) is 0 Å². The average molecular weight is 127 g/mol. The molecular weight excluding hydrogens is 123 g/mol. The summed E-state index contributed by atoms with van der Waals surface area (Å²) in [6.07, 6.45) is 0. The maximum absolute atomic E-state index is 12.2. The van der Waals surface area contributed by atoms with Crippen LogP contribution < -0.4 is 0 Å². The van der Waals surface area contributed by atoms with Gasteiger partial charge in [0, 0.05) is 6.07 Å². The maximum Gasteiger partial charge on any atom is 0.206 e. The fourth-order valence-corrected chi connectivity index (χ4v) is 0.457. The average Bonchev–Trinajstić information content (AvgIpc) is 1.83. The summed E-state index contributed by atoms with van der Waals surface area (Å²) in [5, 5.41) is 17.1. The summed E-state index contributed by atoms with van der Waals surface area (Å²) in [6, 6.07) is 4.50. The molecule has 2 nitrogen and oxygen atoms in total. The Labute approximate surface area is 51.2 Å². The normalized spacial score (nSPS) is 9.44. The molecule has 0 heterocycles. The van der Waals surface area contributed by atoms with Crippen molar-refractivity contribution < 1.29 is 14.6 Å². The SMILES string of the molecule is Oc1[c]ccc(O)c1F. The first-order chi connectivity index (χ1) is 4.22. The number of phenols is 2. The van der Waals surface area contributed by atoms with Crippen LogP contribution in [0, 0.1) is 11.9 Å². The van der Waals surface area contributed by atoms with Crippen molar-refractivity contribution in [2.24, 2.45) is 0 Å². The highest BCUT2D eigenvalue weighted by molar-refractivity contribution is 5.31. The Balaban J connectivity index is 3.25. The minimum absolute atomic E-state index is 0.564. The third-order valence-corrected chi connectivity index (χ3v) is 0.894. The smallest absolute Gasteiger partial charge is 0.206 e. The van der Waals surface area contributed by atoms with E-state index in [1.54, 1.807) is 0 Å². The van der Waals surface area contributed by atoms with E-state index in [-0.39, 0.29) is 0 Å². The molecule has 0 atom stereocenters. The molecule has 9 heavy (non-hydrogen) atoms. The number of halogens is 1. The molecule has 1 rings (SSSR count). The van der Waals surface area contributed by atoms with Crippen LogP contribution in [0.3, 0.4) is 0 Å². The second kappa shape index (κ2) is 1.93. The van der Waals surface area contributed by atoms with Crippen molar-refractivity contribution in [3.63, 3.8) is 0 Å². The molecular formula is C6H4FO2. The van der Waals surface area contributed by atoms with Gasteiger partial charge in [-0.1, -0.05) is 0 Å². The topological polar surface area (TPSA) is 40.5 Å². The monoisotopic (exact) mass is 127 g/mol. The molecule has 1 aromatic rings. The second-order valence-electron chi connectivity index (χ2n) is 1.53. The number of hydrogen-bond donors (Lipinski definition) is 2. The molecule has 1 aromatic carbocycles. The van der Waals surface area contributed by atoms with Crippen molar-refractivity contribution in [1.29, 1.82) is 0 Å². The number of rotatable bonds is 0. The Kier molecular flexibility index (Phi) is 1.26. The van der Waals surface area contributed by atoms with Crippen LogP contribution in [0.15, 0.2) is 12.1 Å². The van der Waals surface area contributed by atoms with E-state index in [2.05, 4.69) is 6.07 Å². The van der Waals surface area contributed by atoms with Crippen LogP contribution in [0.5, 0.6) is 11.5 Å². The summed E-state index contributed by atoms with van der Waals surface area (Å²) in [6.45, 7) is 0. The molecule has 0 saturated carbocycles. The number of hydrogen-bond acceptors (Lipinski definition) is 2. The Morgan fingerprint density at radius 1 is 1.44 bits per heavy atom. The third kappa shape index (κ3) is 0.937. The summed E-state index contributed by atoms with van der Waals surface area (Å²) < 4.78 is 12.2. The molecule has 0 fully saturated rings. The summed E-state index contributed by atoms with van der Waals surface area (Å²) in [5.74, 6) is -2.25. The Bertz CT molecular complexity index is 202. The zero-order chi connectivity index (χ0) is 6.85. The van der Waals surface area contributed by atoms with Crippen LogP contribution in [0.1, 0.15) is 0 Å². The van der Waals surface area contributed by atoms with Gasteiger partial charge in [-0.05, 0) is 12.1 Å². The molecule has 0 spiro atoms. The number of benzene rings is 1. The fourth-order valence-electron chi connectivity index (χ4n) is 0.457. The van der Waals surface area contributed by atoms with Gasteiger partial charge in [-0.25, -0.2) is 0 Å². The third-order valence-electron chi connectivity index (χ3n) is 0.894. The van der Waals surface area contributed by atoms with Gasteiger partial charge in [0.25, 0.3) is 0 Å². The standard InChI is InChI=1S/C6H4FO2/c7-6-4(8)2-1-3-5(6)9/h1-2,8-9H. The van der Waals surface area contributed by atoms with Crippen molar-refractivity contribution in [3.05, 3.63) is 24.0 Å². The van der Waals surface area contributed by atoms with E-state index in [1.807, 2.05) is 0 Å². The Morgan fingerprint density at radius 2 is 2.11 bits per heavy atom. The summed E-state index contributed by atoms with van der Waals surface area (Å²) in [4.78, 5) is 0. The zero-order valence-corrected chi connectivity index (χ0v) is 4.43. The van der Waals surface area contributed by atoms with E-state index in [9.17, 15) is 4.39 Å². The highest BCUT2D eigenvalue weighted by Gasteiger charge is 2.02. The molecule has 0 aliphatic carbocycles. The molecule has 2 N–H and O–H groups in total. The van der Waals surface area contributed by atoms with Gasteiger partial charge in [-0.15, -0.1) is 0 Å². The van der Waals surface area contributed by atoms with E-state index in [0.29, 0.717) is 0 Å². The molecule has 0 amide bonds. The first-order valence-corrected chi connectivity index (χ1v) is 2.30. The Morgan fingerprint density at radius 3 is 2.56 bits per heavy atom. The van der Waals surface area contributed by atoms with Gasteiger partial charge in [0.1, 0.15) is 0 Å². The molecule has 0 aliphatic heterocycles. The van der Waals surface area contributed by atoms with Crippen molar-refractivity contribution in [3.8, 4) is 11.5 Å². The van der Waals surface area contributed by atoms with Crippen molar-refractivity contribution >= 4 is 0 Å². The second-order valence-corrected chi connectivity index (χ2v) is 1.53. The molecule has 47 valence electrons. The van der Waals surface area contributed by atoms with Crippen LogP contribution in [0.4, 0.5) is 4.39 Å². The van der Waals surface area contributed by atoms with E-state index in [4.69, 9.17) is 10.2 Å². The molecule has 0 aliphatic rings. The Hall–Kier alpha value is -1.25. The van der Waals surface area contributed by atoms with E-state index >= 15 is 0 Å². The van der Waals surface area contributed by atoms with Gasteiger partial charge in [-0.2, -0.15) is 4.39 Å². The molecule has 0 unspecified atom stereocenters. The fraction of sp³-hybridized carbons (Fsp3) is 0. The highest BCUT2D eigenvalue weighted by atomic mass is 19.1. The van der Waals surface area contributed by atoms with E-state index < -0.39 is 17.3 Å². The summed E-state index contributed by atoms with van der Waals surface area (Å²) >= 11 is 0. The minimum atomic E-state index is -1.03. The molecule has 0 saturated heterocycles. The van der Waals surface area contributed by atoms with E-state index in [1.165, 1.54) is 6.07 Å². The van der Waals surface area contributed by atoms with Gasteiger partial charge in [-0.3, -0.25) is 0 Å². The summed E-state index contributed by atoms with van der Waals surface area (Å²) in [5.41, 5.74) is 0. The molecule has 0 bridgehead atoms. The number of aromatic hydroxyl groups is 2. The first kappa shape index (κ1) is 5.88. The lowest BCUT2D eigenvalue weighted by atomic mass is 10.3. The minimum Gasteiger partial charge on any atom is -0.505 e. The van der Waals surface area contributed by atoms with Crippen LogP contribution >= 0.6 is 0 Å². The predicted octanol–water partition coefficient (Wildman–Crippen LogP) is 1.04. The van der Waals surface area contributed by atoms with Gasteiger partial charge >= 0.3 is 0 Å². The highest BCUT2D eigenvalue weighted by Crippen LogP contribution is 2.22. The molecule has 0 aromatic heterocycles. The lowest BCUT2D eigenvalue weighted by Crippen LogP contribution is -1.75. The first-order valence-electron chi connectivity index (χ1n) is 2.30.